The number of fused-ring (bicyclic) bond motifs is 1. The molecule has 1 aliphatic heterocycles. The maximum absolute atomic E-state index is 13.5. The van der Waals surface area contributed by atoms with Gasteiger partial charge in [-0.2, -0.15) is 0 Å². The summed E-state index contributed by atoms with van der Waals surface area (Å²) in [6.45, 7) is 5.76. The molecule has 2 aliphatic rings. The van der Waals surface area contributed by atoms with Crippen molar-refractivity contribution in [3.63, 3.8) is 0 Å². The summed E-state index contributed by atoms with van der Waals surface area (Å²) in [7, 11) is -1.76. The molecule has 0 radical (unpaired) electrons. The number of nitrogens with zero attached hydrogens (tertiary/aromatic N) is 2. The number of carbonyl (C=O) groups is 1. The third-order valence-electron chi connectivity index (χ3n) is 6.45. The van der Waals surface area contributed by atoms with Crippen LogP contribution >= 0.6 is 11.3 Å². The average Bonchev–Trinajstić information content (AvgIpc) is 3.41. The quantitative estimate of drug-likeness (QED) is 0.541. The minimum absolute atomic E-state index is 0.0327. The molecule has 1 aromatic heterocycles. The highest BCUT2D eigenvalue weighted by atomic mass is 32.2. The van der Waals surface area contributed by atoms with Gasteiger partial charge in [0.2, 0.25) is 0 Å². The van der Waals surface area contributed by atoms with Crippen molar-refractivity contribution >= 4 is 33.0 Å². The van der Waals surface area contributed by atoms with Crippen molar-refractivity contribution in [3.8, 4) is 5.75 Å². The van der Waals surface area contributed by atoms with Gasteiger partial charge < -0.3 is 19.6 Å². The lowest BCUT2D eigenvalue weighted by molar-refractivity contribution is 0.0346. The Morgan fingerprint density at radius 2 is 2.03 bits per heavy atom. The number of amides is 1. The van der Waals surface area contributed by atoms with E-state index in [1.165, 1.54) is 18.9 Å². The number of para-hydroxylation sites is 1. The van der Waals surface area contributed by atoms with Gasteiger partial charge in [-0.15, -0.1) is 11.3 Å². The van der Waals surface area contributed by atoms with E-state index in [9.17, 15) is 18.3 Å². The fourth-order valence-corrected chi connectivity index (χ4v) is 6.33. The molecule has 1 fully saturated rings. The first-order chi connectivity index (χ1) is 16.2. The number of aliphatic hydroxyl groups excluding tert-OH is 1. The van der Waals surface area contributed by atoms with Crippen molar-refractivity contribution < 1.29 is 23.1 Å². The van der Waals surface area contributed by atoms with E-state index < -0.39 is 10.0 Å². The number of hydrogen-bond acceptors (Lipinski definition) is 7. The maximum atomic E-state index is 13.5. The van der Waals surface area contributed by atoms with Crippen LogP contribution in [0.1, 0.15) is 37.0 Å². The molecule has 34 heavy (non-hydrogen) atoms. The molecule has 0 bridgehead atoms. The number of aliphatic hydroxyl groups is 1. The topological polar surface area (TPSA) is 99.2 Å². The molecule has 0 unspecified atom stereocenters. The summed E-state index contributed by atoms with van der Waals surface area (Å²) in [4.78, 5) is 17.4. The van der Waals surface area contributed by atoms with Crippen molar-refractivity contribution in [1.29, 1.82) is 0 Å². The number of rotatable bonds is 9. The van der Waals surface area contributed by atoms with Crippen LogP contribution < -0.4 is 9.46 Å². The standard InChI is InChI=1S/C24H33N3O5S2/c1-16-12-27(17(2)15-28)24(29)19-6-4-7-20(25-34(30,31)22-8-5-11-33-22)23(19)32-21(16)14-26(3)13-18-9-10-18/h4-8,11,16-18,21,25,28H,9-10,12-15H2,1-3H3/t16-,17+,21-/m1/s1. The van der Waals surface area contributed by atoms with Crippen molar-refractivity contribution in [1.82, 2.24) is 9.80 Å². The number of thiophene rings is 1. The lowest BCUT2D eigenvalue weighted by Gasteiger charge is -2.38. The van der Waals surface area contributed by atoms with Crippen LogP contribution in [-0.2, 0) is 10.0 Å². The number of sulfonamides is 1. The molecule has 1 aliphatic carbocycles. The Balaban J connectivity index is 1.72. The number of ether oxygens (including phenoxy) is 1. The van der Waals surface area contributed by atoms with E-state index >= 15 is 0 Å². The highest BCUT2D eigenvalue weighted by molar-refractivity contribution is 7.94. The SMILES string of the molecule is C[C@@H]1CN([C@@H](C)CO)C(=O)c2cccc(NS(=O)(=O)c3cccs3)c2O[C@@H]1CN(C)CC1CC1. The molecule has 0 saturated heterocycles. The number of hydrogen-bond donors (Lipinski definition) is 2. The highest BCUT2D eigenvalue weighted by Crippen LogP contribution is 2.37. The molecule has 1 amide bonds. The van der Waals surface area contributed by atoms with E-state index in [0.29, 0.717) is 13.1 Å². The highest BCUT2D eigenvalue weighted by Gasteiger charge is 2.35. The molecule has 8 nitrogen and oxygen atoms in total. The fraction of sp³-hybridized carbons (Fsp3) is 0.542. The second kappa shape index (κ2) is 10.2. The average molecular weight is 508 g/mol. The number of likely N-dealkylation sites (N-methyl/N-ethyl adjacent to an activating group) is 1. The summed E-state index contributed by atoms with van der Waals surface area (Å²) in [5.41, 5.74) is 0.522. The van der Waals surface area contributed by atoms with Gasteiger partial charge in [-0.3, -0.25) is 9.52 Å². The Labute approximate surface area is 205 Å². The fourth-order valence-electron chi connectivity index (χ4n) is 4.28. The molecule has 3 atom stereocenters. The van der Waals surface area contributed by atoms with Gasteiger partial charge in [0.1, 0.15) is 10.3 Å². The van der Waals surface area contributed by atoms with Gasteiger partial charge in [0.05, 0.1) is 23.9 Å². The zero-order valence-corrected chi connectivity index (χ0v) is 21.4. The van der Waals surface area contributed by atoms with E-state index in [-0.39, 0.29) is 51.8 Å². The van der Waals surface area contributed by atoms with Gasteiger partial charge in [-0.05, 0) is 56.3 Å². The Bertz CT molecular complexity index is 1100. The largest absolute Gasteiger partial charge is 0.486 e. The van der Waals surface area contributed by atoms with E-state index in [1.54, 1.807) is 34.5 Å². The van der Waals surface area contributed by atoms with Crippen LogP contribution in [0.5, 0.6) is 5.75 Å². The third-order valence-corrected chi connectivity index (χ3v) is 9.22. The molecule has 2 heterocycles. The molecule has 1 aromatic carbocycles. The first-order valence-corrected chi connectivity index (χ1v) is 14.0. The second-order valence-corrected chi connectivity index (χ2v) is 12.4. The van der Waals surface area contributed by atoms with Gasteiger partial charge in [-0.25, -0.2) is 8.42 Å². The van der Waals surface area contributed by atoms with E-state index in [1.807, 2.05) is 13.8 Å². The van der Waals surface area contributed by atoms with Crippen molar-refractivity contribution in [2.45, 2.75) is 43.0 Å². The predicted octanol–water partition coefficient (Wildman–Crippen LogP) is 3.11. The molecule has 1 saturated carbocycles. The summed E-state index contributed by atoms with van der Waals surface area (Å²) in [5.74, 6) is 0.640. The summed E-state index contributed by atoms with van der Waals surface area (Å²) in [6, 6.07) is 7.75. The van der Waals surface area contributed by atoms with Crippen LogP contribution in [0.2, 0.25) is 0 Å². The normalized spacial score (nSPS) is 22.0. The van der Waals surface area contributed by atoms with Crippen LogP contribution in [0.3, 0.4) is 0 Å². The molecular formula is C24H33N3O5S2. The molecule has 4 rings (SSSR count). The number of anilines is 1. The molecule has 2 N–H and O–H groups in total. The summed E-state index contributed by atoms with van der Waals surface area (Å²) in [5, 5.41) is 11.5. The van der Waals surface area contributed by atoms with Crippen LogP contribution in [0.15, 0.2) is 39.9 Å². The van der Waals surface area contributed by atoms with Gasteiger partial charge >= 0.3 is 0 Å². The van der Waals surface area contributed by atoms with E-state index in [0.717, 1.165) is 23.8 Å². The Hall–Kier alpha value is -2.14. The first kappa shape index (κ1) is 25.0. The van der Waals surface area contributed by atoms with Crippen molar-refractivity contribution in [3.05, 3.63) is 41.3 Å². The second-order valence-electron chi connectivity index (χ2n) is 9.51. The third kappa shape index (κ3) is 5.56. The molecule has 186 valence electrons. The van der Waals surface area contributed by atoms with Gasteiger partial charge in [-0.1, -0.05) is 19.1 Å². The minimum Gasteiger partial charge on any atom is -0.486 e. The minimum atomic E-state index is -3.82. The maximum Gasteiger partial charge on any atom is 0.271 e. The monoisotopic (exact) mass is 507 g/mol. The molecule has 2 aromatic rings. The van der Waals surface area contributed by atoms with Crippen LogP contribution in [0, 0.1) is 11.8 Å². The molecule has 10 heteroatoms. The van der Waals surface area contributed by atoms with Crippen molar-refractivity contribution in [2.24, 2.45) is 11.8 Å². The smallest absolute Gasteiger partial charge is 0.271 e. The zero-order valence-electron chi connectivity index (χ0n) is 19.8. The summed E-state index contributed by atoms with van der Waals surface area (Å²) in [6.07, 6.45) is 2.23. The number of nitrogens with one attached hydrogen (secondary N) is 1. The summed E-state index contributed by atoms with van der Waals surface area (Å²) < 4.78 is 35.2. The van der Waals surface area contributed by atoms with E-state index in [2.05, 4.69) is 16.7 Å². The number of carbonyl (C=O) groups excluding carboxylic acids is 1. The van der Waals surface area contributed by atoms with Crippen molar-refractivity contribution in [2.75, 3.05) is 38.0 Å². The Kier molecular flexibility index (Phi) is 7.51. The molecular weight excluding hydrogens is 474 g/mol. The van der Waals surface area contributed by atoms with Crippen LogP contribution in [0.4, 0.5) is 5.69 Å². The lowest BCUT2D eigenvalue weighted by Crippen LogP contribution is -2.50. The van der Waals surface area contributed by atoms with Gasteiger partial charge in [0.15, 0.2) is 5.75 Å². The predicted molar refractivity (Wildman–Crippen MR) is 133 cm³/mol. The van der Waals surface area contributed by atoms with Crippen LogP contribution in [0.25, 0.3) is 0 Å². The first-order valence-electron chi connectivity index (χ1n) is 11.7. The Morgan fingerprint density at radius 1 is 1.26 bits per heavy atom. The molecule has 0 spiro atoms. The zero-order chi connectivity index (χ0) is 24.5. The van der Waals surface area contributed by atoms with Gasteiger partial charge in [0.25, 0.3) is 15.9 Å². The van der Waals surface area contributed by atoms with E-state index in [4.69, 9.17) is 4.74 Å². The number of benzene rings is 1. The van der Waals surface area contributed by atoms with Crippen LogP contribution in [-0.4, -0.2) is 74.7 Å². The Morgan fingerprint density at radius 3 is 2.68 bits per heavy atom. The van der Waals surface area contributed by atoms with Gasteiger partial charge in [0, 0.05) is 25.6 Å². The lowest BCUT2D eigenvalue weighted by atomic mass is 9.99. The summed E-state index contributed by atoms with van der Waals surface area (Å²) >= 11 is 1.12.